The molecular formula is C11H9F2NO2. The van der Waals surface area contributed by atoms with E-state index in [0.29, 0.717) is 0 Å². The molecule has 1 aromatic rings. The molecule has 0 unspecified atom stereocenters. The molecule has 0 spiro atoms. The van der Waals surface area contributed by atoms with Crippen LogP contribution in [0.5, 0.6) is 0 Å². The lowest BCUT2D eigenvalue weighted by Crippen LogP contribution is -2.27. The number of benzene rings is 1. The van der Waals surface area contributed by atoms with Crippen molar-refractivity contribution in [3.05, 3.63) is 29.3 Å². The number of hydrogen-bond acceptors (Lipinski definition) is 2. The Hall–Kier alpha value is -1.78. The molecule has 1 heterocycles. The van der Waals surface area contributed by atoms with Crippen LogP contribution in [0.3, 0.4) is 0 Å². The number of aryl methyl sites for hydroxylation is 1. The Bertz CT molecular complexity index is 485. The maximum Gasteiger partial charge on any atom is 0.235 e. The molecule has 84 valence electrons. The van der Waals surface area contributed by atoms with E-state index in [1.807, 2.05) is 0 Å². The van der Waals surface area contributed by atoms with Gasteiger partial charge in [0.2, 0.25) is 5.91 Å². The fraction of sp³-hybridized carbons (Fsp3) is 0.273. The van der Waals surface area contributed by atoms with Gasteiger partial charge in [0.1, 0.15) is 11.5 Å². The van der Waals surface area contributed by atoms with Crippen molar-refractivity contribution < 1.29 is 18.4 Å². The van der Waals surface area contributed by atoms with Crippen LogP contribution in [-0.4, -0.2) is 18.2 Å². The number of ketones is 1. The van der Waals surface area contributed by atoms with Gasteiger partial charge in [-0.05, 0) is 18.6 Å². The molecule has 3 nitrogen and oxygen atoms in total. The summed E-state index contributed by atoms with van der Waals surface area (Å²) in [5.74, 6) is -2.51. The molecule has 0 bridgehead atoms. The van der Waals surface area contributed by atoms with Crippen molar-refractivity contribution >= 4 is 17.4 Å². The highest BCUT2D eigenvalue weighted by atomic mass is 19.1. The van der Waals surface area contributed by atoms with Crippen LogP contribution in [0.25, 0.3) is 0 Å². The van der Waals surface area contributed by atoms with Gasteiger partial charge in [0, 0.05) is 0 Å². The summed E-state index contributed by atoms with van der Waals surface area (Å²) in [5.41, 5.74) is -0.181. The van der Waals surface area contributed by atoms with Gasteiger partial charge < -0.3 is 0 Å². The van der Waals surface area contributed by atoms with E-state index in [-0.39, 0.29) is 24.3 Å². The SMILES string of the molecule is Cc1ccc(F)c(N2CC(=O)CC2=O)c1F. The third-order valence-electron chi connectivity index (χ3n) is 2.51. The first-order valence-electron chi connectivity index (χ1n) is 4.77. The van der Waals surface area contributed by atoms with Gasteiger partial charge in [0.05, 0.1) is 13.0 Å². The van der Waals surface area contributed by atoms with Crippen molar-refractivity contribution in [2.75, 3.05) is 11.4 Å². The highest BCUT2D eigenvalue weighted by Gasteiger charge is 2.32. The predicted molar refractivity (Wildman–Crippen MR) is 53.1 cm³/mol. The second kappa shape index (κ2) is 3.66. The summed E-state index contributed by atoms with van der Waals surface area (Å²) >= 11 is 0. The zero-order valence-corrected chi connectivity index (χ0v) is 8.59. The molecule has 1 aliphatic rings. The topological polar surface area (TPSA) is 37.4 Å². The van der Waals surface area contributed by atoms with Crippen molar-refractivity contribution in [2.24, 2.45) is 0 Å². The van der Waals surface area contributed by atoms with E-state index in [4.69, 9.17) is 0 Å². The lowest BCUT2D eigenvalue weighted by atomic mass is 10.2. The van der Waals surface area contributed by atoms with Crippen molar-refractivity contribution in [3.63, 3.8) is 0 Å². The van der Waals surface area contributed by atoms with Crippen molar-refractivity contribution in [3.8, 4) is 0 Å². The minimum atomic E-state index is -0.828. The first-order chi connectivity index (χ1) is 7.50. The summed E-state index contributed by atoms with van der Waals surface area (Å²) in [6.07, 6.45) is -0.285. The van der Waals surface area contributed by atoms with Gasteiger partial charge >= 0.3 is 0 Å². The summed E-state index contributed by atoms with van der Waals surface area (Å²) in [5, 5.41) is 0. The lowest BCUT2D eigenvalue weighted by molar-refractivity contribution is -0.121. The Labute approximate surface area is 90.7 Å². The maximum absolute atomic E-state index is 13.7. The van der Waals surface area contributed by atoms with Gasteiger partial charge in [-0.1, -0.05) is 6.07 Å². The van der Waals surface area contributed by atoms with Crippen LogP contribution < -0.4 is 4.90 Å². The predicted octanol–water partition coefficient (Wildman–Crippen LogP) is 1.58. The van der Waals surface area contributed by atoms with Gasteiger partial charge in [-0.15, -0.1) is 0 Å². The largest absolute Gasteiger partial charge is 0.299 e. The first-order valence-corrected chi connectivity index (χ1v) is 4.77. The Balaban J connectivity index is 2.52. The van der Waals surface area contributed by atoms with E-state index in [2.05, 4.69) is 0 Å². The summed E-state index contributed by atoms with van der Waals surface area (Å²) in [4.78, 5) is 23.3. The third kappa shape index (κ3) is 1.58. The molecule has 1 amide bonds. The number of carbonyl (C=O) groups is 2. The average molecular weight is 225 g/mol. The molecule has 0 radical (unpaired) electrons. The monoisotopic (exact) mass is 225 g/mol. The number of nitrogens with zero attached hydrogens (tertiary/aromatic N) is 1. The van der Waals surface area contributed by atoms with Crippen molar-refractivity contribution in [2.45, 2.75) is 13.3 Å². The zero-order valence-electron chi connectivity index (χ0n) is 8.59. The number of carbonyl (C=O) groups excluding carboxylic acids is 2. The van der Waals surface area contributed by atoms with Crippen LogP contribution >= 0.6 is 0 Å². The molecule has 2 rings (SSSR count). The molecular weight excluding hydrogens is 216 g/mol. The smallest absolute Gasteiger partial charge is 0.235 e. The highest BCUT2D eigenvalue weighted by molar-refractivity contribution is 6.15. The zero-order chi connectivity index (χ0) is 11.9. The minimum Gasteiger partial charge on any atom is -0.299 e. The normalized spacial score (nSPS) is 16.1. The Kier molecular flexibility index (Phi) is 2.46. The summed E-state index contributed by atoms with van der Waals surface area (Å²) < 4.78 is 27.1. The van der Waals surface area contributed by atoms with Crippen molar-refractivity contribution in [1.29, 1.82) is 0 Å². The molecule has 1 fully saturated rings. The van der Waals surface area contributed by atoms with E-state index in [1.54, 1.807) is 0 Å². The number of halogens is 2. The number of hydrogen-bond donors (Lipinski definition) is 0. The van der Waals surface area contributed by atoms with Crippen LogP contribution in [0.4, 0.5) is 14.5 Å². The van der Waals surface area contributed by atoms with Crippen LogP contribution in [0, 0.1) is 18.6 Å². The fourth-order valence-corrected chi connectivity index (χ4v) is 1.68. The summed E-state index contributed by atoms with van der Waals surface area (Å²) in [6, 6.07) is 2.38. The van der Waals surface area contributed by atoms with E-state index >= 15 is 0 Å². The second-order valence-electron chi connectivity index (χ2n) is 3.72. The molecule has 0 atom stereocenters. The maximum atomic E-state index is 13.7. The summed E-state index contributed by atoms with van der Waals surface area (Å²) in [7, 11) is 0. The second-order valence-corrected chi connectivity index (χ2v) is 3.72. The third-order valence-corrected chi connectivity index (χ3v) is 2.51. The van der Waals surface area contributed by atoms with E-state index < -0.39 is 23.2 Å². The molecule has 16 heavy (non-hydrogen) atoms. The molecule has 1 aliphatic heterocycles. The van der Waals surface area contributed by atoms with E-state index in [9.17, 15) is 18.4 Å². The van der Waals surface area contributed by atoms with Crippen LogP contribution in [0.2, 0.25) is 0 Å². The number of amides is 1. The quantitative estimate of drug-likeness (QED) is 0.680. The van der Waals surface area contributed by atoms with Crippen LogP contribution in [-0.2, 0) is 9.59 Å². The Morgan fingerprint density at radius 3 is 2.50 bits per heavy atom. The van der Waals surface area contributed by atoms with Gasteiger partial charge in [-0.3, -0.25) is 14.5 Å². The van der Waals surface area contributed by atoms with Gasteiger partial charge in [-0.25, -0.2) is 8.78 Å². The van der Waals surface area contributed by atoms with E-state index in [0.717, 1.165) is 11.0 Å². The van der Waals surface area contributed by atoms with E-state index in [1.165, 1.54) is 13.0 Å². The van der Waals surface area contributed by atoms with Crippen LogP contribution in [0.1, 0.15) is 12.0 Å². The Morgan fingerprint density at radius 1 is 1.25 bits per heavy atom. The standard InChI is InChI=1S/C11H9F2NO2/c1-6-2-3-8(12)11(10(6)13)14-5-7(15)4-9(14)16/h2-3H,4-5H2,1H3. The van der Waals surface area contributed by atoms with Crippen molar-refractivity contribution in [1.82, 2.24) is 0 Å². The van der Waals surface area contributed by atoms with Crippen LogP contribution in [0.15, 0.2) is 12.1 Å². The molecule has 0 N–H and O–H groups in total. The number of rotatable bonds is 1. The average Bonchev–Trinajstić information content (AvgIpc) is 2.53. The fourth-order valence-electron chi connectivity index (χ4n) is 1.68. The number of anilines is 1. The Morgan fingerprint density at radius 2 is 1.94 bits per heavy atom. The lowest BCUT2D eigenvalue weighted by Gasteiger charge is -2.17. The number of Topliss-reactive ketones (excluding diaryl/α,β-unsaturated/α-hetero) is 1. The van der Waals surface area contributed by atoms with Gasteiger partial charge in [0.25, 0.3) is 0 Å². The highest BCUT2D eigenvalue weighted by Crippen LogP contribution is 2.28. The molecule has 5 heteroatoms. The molecule has 1 aromatic carbocycles. The van der Waals surface area contributed by atoms with Gasteiger partial charge in [-0.2, -0.15) is 0 Å². The minimum absolute atomic E-state index is 0.239. The molecule has 0 saturated carbocycles. The first kappa shape index (κ1) is 10.7. The van der Waals surface area contributed by atoms with Gasteiger partial charge in [0.15, 0.2) is 11.6 Å². The molecule has 0 aliphatic carbocycles. The molecule has 1 saturated heterocycles. The molecule has 0 aromatic heterocycles. The summed E-state index contributed by atoms with van der Waals surface area (Å²) in [6.45, 7) is 1.22.